The van der Waals surface area contributed by atoms with Crippen LogP contribution in [0.3, 0.4) is 0 Å². The summed E-state index contributed by atoms with van der Waals surface area (Å²) in [5.74, 6) is 0. The third-order valence-corrected chi connectivity index (χ3v) is 4.24. The SMILES string of the molecule is CCCCCCCCCC[N+]1(CCC)C=CC=CC1. The van der Waals surface area contributed by atoms with Gasteiger partial charge in [-0.15, -0.1) is 0 Å². The number of quaternary nitrogens is 1. The molecule has 1 heterocycles. The molecule has 110 valence electrons. The molecule has 0 saturated carbocycles. The Kier molecular flexibility index (Phi) is 8.90. The molecule has 1 rings (SSSR count). The van der Waals surface area contributed by atoms with Crippen LogP contribution < -0.4 is 0 Å². The molecule has 0 amide bonds. The van der Waals surface area contributed by atoms with Crippen LogP contribution >= 0.6 is 0 Å². The zero-order chi connectivity index (χ0) is 13.8. The zero-order valence-corrected chi connectivity index (χ0v) is 13.2. The van der Waals surface area contributed by atoms with E-state index in [0.717, 1.165) is 0 Å². The van der Waals surface area contributed by atoms with E-state index in [1.165, 1.54) is 81.9 Å². The normalized spacial score (nSPS) is 22.0. The van der Waals surface area contributed by atoms with Crippen molar-refractivity contribution in [3.05, 3.63) is 24.4 Å². The highest BCUT2D eigenvalue weighted by molar-refractivity contribution is 5.03. The van der Waals surface area contributed by atoms with Gasteiger partial charge in [0.2, 0.25) is 0 Å². The smallest absolute Gasteiger partial charge is 0.102 e. The van der Waals surface area contributed by atoms with Gasteiger partial charge in [-0.2, -0.15) is 0 Å². The van der Waals surface area contributed by atoms with Crippen LogP contribution in [0.1, 0.15) is 71.6 Å². The van der Waals surface area contributed by atoms with E-state index in [0.29, 0.717) is 0 Å². The maximum Gasteiger partial charge on any atom is 0.102 e. The van der Waals surface area contributed by atoms with Crippen molar-refractivity contribution in [3.63, 3.8) is 0 Å². The minimum Gasteiger partial charge on any atom is -0.294 e. The molecule has 1 unspecified atom stereocenters. The van der Waals surface area contributed by atoms with Crippen molar-refractivity contribution in [3.8, 4) is 0 Å². The number of nitrogens with zero attached hydrogens (tertiary/aromatic N) is 1. The van der Waals surface area contributed by atoms with Crippen LogP contribution in [0.4, 0.5) is 0 Å². The van der Waals surface area contributed by atoms with Gasteiger partial charge in [-0.1, -0.05) is 58.4 Å². The van der Waals surface area contributed by atoms with E-state index in [4.69, 9.17) is 0 Å². The molecule has 0 spiro atoms. The molecule has 0 saturated heterocycles. The summed E-state index contributed by atoms with van der Waals surface area (Å²) >= 11 is 0. The summed E-state index contributed by atoms with van der Waals surface area (Å²) in [4.78, 5) is 0. The van der Waals surface area contributed by atoms with Crippen LogP contribution in [0.2, 0.25) is 0 Å². The van der Waals surface area contributed by atoms with Gasteiger partial charge in [-0.25, -0.2) is 0 Å². The minimum atomic E-state index is 1.20. The highest BCUT2D eigenvalue weighted by atomic mass is 15.3. The van der Waals surface area contributed by atoms with Gasteiger partial charge in [0.1, 0.15) is 6.54 Å². The first-order valence-electron chi connectivity index (χ1n) is 8.53. The predicted octanol–water partition coefficient (Wildman–Crippen LogP) is 5.44. The van der Waals surface area contributed by atoms with E-state index >= 15 is 0 Å². The molecule has 0 aliphatic carbocycles. The molecular formula is C18H34N+. The van der Waals surface area contributed by atoms with Gasteiger partial charge in [0.15, 0.2) is 0 Å². The lowest BCUT2D eigenvalue weighted by Crippen LogP contribution is -2.45. The summed E-state index contributed by atoms with van der Waals surface area (Å²) in [6.45, 7) is 8.44. The van der Waals surface area contributed by atoms with Gasteiger partial charge in [-0.05, 0) is 31.4 Å². The van der Waals surface area contributed by atoms with E-state index in [1.807, 2.05) is 0 Å². The molecule has 1 heteroatoms. The summed E-state index contributed by atoms with van der Waals surface area (Å²) in [5, 5.41) is 0. The highest BCUT2D eigenvalue weighted by Gasteiger charge is 2.22. The fraction of sp³-hybridized carbons (Fsp3) is 0.778. The van der Waals surface area contributed by atoms with Crippen molar-refractivity contribution >= 4 is 0 Å². The van der Waals surface area contributed by atoms with Crippen molar-refractivity contribution in [2.75, 3.05) is 19.6 Å². The van der Waals surface area contributed by atoms with E-state index in [9.17, 15) is 0 Å². The summed E-state index contributed by atoms with van der Waals surface area (Å²) in [5.41, 5.74) is 0. The van der Waals surface area contributed by atoms with Gasteiger partial charge in [0.05, 0.1) is 19.3 Å². The Hall–Kier alpha value is -0.560. The molecule has 1 aliphatic rings. The first-order chi connectivity index (χ1) is 9.33. The first kappa shape index (κ1) is 16.5. The minimum absolute atomic E-state index is 1.20. The number of unbranched alkanes of at least 4 members (excludes halogenated alkanes) is 7. The van der Waals surface area contributed by atoms with E-state index in [2.05, 4.69) is 38.3 Å². The molecule has 1 nitrogen and oxygen atoms in total. The predicted molar refractivity (Wildman–Crippen MR) is 86.0 cm³/mol. The Bertz CT molecular complexity index is 267. The fourth-order valence-electron chi connectivity index (χ4n) is 3.09. The lowest BCUT2D eigenvalue weighted by Gasteiger charge is -2.35. The lowest BCUT2D eigenvalue weighted by molar-refractivity contribution is -0.874. The standard InChI is InChI=1S/C18H34N/c1-3-5-6-7-8-9-10-12-16-19(15-4-2)17-13-11-14-18-19/h11,13-14,17H,3-10,12,15-16,18H2,1-2H3/q+1. The van der Waals surface area contributed by atoms with Crippen LogP contribution in [0.5, 0.6) is 0 Å². The zero-order valence-electron chi connectivity index (χ0n) is 13.2. The van der Waals surface area contributed by atoms with Gasteiger partial charge in [-0.3, -0.25) is 4.48 Å². The second kappa shape index (κ2) is 10.3. The van der Waals surface area contributed by atoms with Crippen LogP contribution in [0, 0.1) is 0 Å². The van der Waals surface area contributed by atoms with Crippen LogP contribution in [-0.4, -0.2) is 24.1 Å². The largest absolute Gasteiger partial charge is 0.294 e. The number of rotatable bonds is 11. The molecule has 0 aromatic rings. The van der Waals surface area contributed by atoms with Gasteiger partial charge >= 0.3 is 0 Å². The molecule has 1 atom stereocenters. The van der Waals surface area contributed by atoms with Crippen molar-refractivity contribution < 1.29 is 4.48 Å². The van der Waals surface area contributed by atoms with Crippen LogP contribution in [0.25, 0.3) is 0 Å². The number of allylic oxidation sites excluding steroid dienone is 2. The van der Waals surface area contributed by atoms with Crippen molar-refractivity contribution in [1.82, 2.24) is 0 Å². The van der Waals surface area contributed by atoms with Gasteiger partial charge < -0.3 is 0 Å². The Balaban J connectivity index is 2.09. The van der Waals surface area contributed by atoms with Crippen molar-refractivity contribution in [2.45, 2.75) is 71.6 Å². The summed E-state index contributed by atoms with van der Waals surface area (Å²) in [6, 6.07) is 0. The Morgan fingerprint density at radius 3 is 2.00 bits per heavy atom. The first-order valence-corrected chi connectivity index (χ1v) is 8.53. The third kappa shape index (κ3) is 6.96. The number of hydrogen-bond acceptors (Lipinski definition) is 0. The molecule has 0 radical (unpaired) electrons. The maximum absolute atomic E-state index is 2.42. The molecule has 19 heavy (non-hydrogen) atoms. The average Bonchev–Trinajstić information content (AvgIpc) is 2.43. The van der Waals surface area contributed by atoms with E-state index in [-0.39, 0.29) is 0 Å². The molecule has 0 bridgehead atoms. The lowest BCUT2D eigenvalue weighted by atomic mass is 10.1. The number of hydrogen-bond donors (Lipinski definition) is 0. The monoisotopic (exact) mass is 264 g/mol. The van der Waals surface area contributed by atoms with Gasteiger partial charge in [0, 0.05) is 0 Å². The van der Waals surface area contributed by atoms with E-state index < -0.39 is 0 Å². The van der Waals surface area contributed by atoms with Crippen molar-refractivity contribution in [1.29, 1.82) is 0 Å². The second-order valence-corrected chi connectivity index (χ2v) is 6.09. The molecule has 0 N–H and O–H groups in total. The van der Waals surface area contributed by atoms with Gasteiger partial charge in [0.25, 0.3) is 0 Å². The fourth-order valence-corrected chi connectivity index (χ4v) is 3.09. The molecule has 0 aromatic heterocycles. The maximum atomic E-state index is 2.42. The summed E-state index contributed by atoms with van der Waals surface area (Å²) < 4.78 is 1.20. The molecule has 0 aromatic carbocycles. The third-order valence-electron chi connectivity index (χ3n) is 4.24. The van der Waals surface area contributed by atoms with E-state index in [1.54, 1.807) is 0 Å². The Morgan fingerprint density at radius 2 is 1.42 bits per heavy atom. The molecule has 1 aliphatic heterocycles. The van der Waals surface area contributed by atoms with Crippen molar-refractivity contribution in [2.24, 2.45) is 0 Å². The van der Waals surface area contributed by atoms with Crippen LogP contribution in [0.15, 0.2) is 24.4 Å². The average molecular weight is 264 g/mol. The van der Waals surface area contributed by atoms with Crippen LogP contribution in [-0.2, 0) is 0 Å². The summed E-state index contributed by atoms with van der Waals surface area (Å²) in [7, 11) is 0. The topological polar surface area (TPSA) is 0 Å². The molecule has 0 fully saturated rings. The quantitative estimate of drug-likeness (QED) is 0.344. The highest BCUT2D eigenvalue weighted by Crippen LogP contribution is 2.17. The summed E-state index contributed by atoms with van der Waals surface area (Å²) in [6.07, 6.45) is 21.9. The Labute approximate surface area is 121 Å². The molecular weight excluding hydrogens is 230 g/mol. The Morgan fingerprint density at radius 1 is 0.737 bits per heavy atom. The second-order valence-electron chi connectivity index (χ2n) is 6.09.